The molecule has 2 N–H and O–H groups in total. The molecule has 0 amide bonds. The minimum absolute atomic E-state index is 0.206. The molecular weight excluding hydrogens is 346 g/mol. The fraction of sp³-hybridized carbons (Fsp3) is 0.200. The topological polar surface area (TPSA) is 45.4 Å². The van der Waals surface area contributed by atoms with Gasteiger partial charge in [-0.05, 0) is 47.6 Å². The van der Waals surface area contributed by atoms with Crippen molar-refractivity contribution in [2.75, 3.05) is 0 Å². The molecule has 28 heavy (non-hydrogen) atoms. The second kappa shape index (κ2) is 5.65. The lowest BCUT2D eigenvalue weighted by Gasteiger charge is -2.22. The van der Waals surface area contributed by atoms with Crippen LogP contribution in [0.25, 0.3) is 16.5 Å². The van der Waals surface area contributed by atoms with Crippen LogP contribution in [0.4, 0.5) is 0 Å². The summed E-state index contributed by atoms with van der Waals surface area (Å²) in [5, 5.41) is 24.5. The van der Waals surface area contributed by atoms with Crippen LogP contribution in [-0.4, -0.2) is 14.8 Å². The predicted molar refractivity (Wildman–Crippen MR) is 111 cm³/mol. The van der Waals surface area contributed by atoms with E-state index in [1.807, 2.05) is 36.4 Å². The number of nitrogens with zero attached hydrogens (tertiary/aromatic N) is 1. The van der Waals surface area contributed by atoms with Crippen LogP contribution in [0.2, 0.25) is 0 Å². The van der Waals surface area contributed by atoms with Crippen molar-refractivity contribution in [2.24, 2.45) is 0 Å². The van der Waals surface area contributed by atoms with E-state index in [1.54, 1.807) is 4.57 Å². The minimum Gasteiger partial charge on any atom is -0.494 e. The number of fused-ring (bicyclic) bond motifs is 6. The zero-order chi connectivity index (χ0) is 18.8. The van der Waals surface area contributed by atoms with Crippen molar-refractivity contribution in [2.45, 2.75) is 30.6 Å². The molecule has 2 aliphatic carbocycles. The fourth-order valence-corrected chi connectivity index (χ4v) is 5.64. The quantitative estimate of drug-likeness (QED) is 0.470. The Kier molecular flexibility index (Phi) is 3.19. The first-order valence-corrected chi connectivity index (χ1v) is 9.93. The van der Waals surface area contributed by atoms with E-state index in [4.69, 9.17) is 0 Å². The van der Waals surface area contributed by atoms with Gasteiger partial charge in [-0.3, -0.25) is 4.57 Å². The van der Waals surface area contributed by atoms with Gasteiger partial charge in [0.25, 0.3) is 0 Å². The monoisotopic (exact) mass is 367 g/mol. The van der Waals surface area contributed by atoms with Crippen LogP contribution in [0.5, 0.6) is 11.8 Å². The van der Waals surface area contributed by atoms with E-state index < -0.39 is 0 Å². The fourth-order valence-electron chi connectivity index (χ4n) is 5.64. The molecule has 1 saturated carbocycles. The maximum atomic E-state index is 11.2. The van der Waals surface area contributed by atoms with Crippen molar-refractivity contribution in [1.82, 2.24) is 4.57 Å². The molecule has 4 aromatic rings. The molecule has 1 fully saturated rings. The Morgan fingerprint density at radius 3 is 2.21 bits per heavy atom. The summed E-state index contributed by atoms with van der Waals surface area (Å²) in [7, 11) is 0. The second-order valence-corrected chi connectivity index (χ2v) is 8.10. The summed E-state index contributed by atoms with van der Waals surface area (Å²) < 4.78 is 1.65. The molecule has 3 heteroatoms. The number of rotatable bonds is 2. The summed E-state index contributed by atoms with van der Waals surface area (Å²) >= 11 is 0. The van der Waals surface area contributed by atoms with Gasteiger partial charge >= 0.3 is 0 Å². The molecule has 0 saturated heterocycles. The van der Waals surface area contributed by atoms with Crippen LogP contribution in [0.3, 0.4) is 0 Å². The summed E-state index contributed by atoms with van der Waals surface area (Å²) in [5.74, 6) is 1.41. The van der Waals surface area contributed by atoms with E-state index in [0.29, 0.717) is 11.8 Å². The Bertz CT molecular complexity index is 1200. The summed E-state index contributed by atoms with van der Waals surface area (Å²) in [5.41, 5.74) is 4.08. The number of benzene rings is 3. The second-order valence-electron chi connectivity index (χ2n) is 8.10. The van der Waals surface area contributed by atoms with E-state index in [-0.39, 0.29) is 17.7 Å². The third kappa shape index (κ3) is 1.99. The Balaban J connectivity index is 1.54. The van der Waals surface area contributed by atoms with E-state index in [0.717, 1.165) is 40.4 Å². The smallest absolute Gasteiger partial charge is 0.202 e. The van der Waals surface area contributed by atoms with E-state index in [2.05, 4.69) is 36.4 Å². The summed E-state index contributed by atoms with van der Waals surface area (Å²) in [6.07, 6.45) is 2.05. The molecule has 2 bridgehead atoms. The lowest BCUT2D eigenvalue weighted by molar-refractivity contribution is 0.395. The molecule has 3 atom stereocenters. The lowest BCUT2D eigenvalue weighted by Crippen LogP contribution is -2.07. The Hall–Kier alpha value is -3.20. The van der Waals surface area contributed by atoms with Gasteiger partial charge in [-0.15, -0.1) is 0 Å². The molecule has 0 unspecified atom stereocenters. The molecule has 3 aromatic carbocycles. The SMILES string of the molecule is Oc1c2c(c(O)n1-c1cccc3ccccc13)[C@@H]1C[C@H]2C[C@H]1c1ccccc1. The summed E-state index contributed by atoms with van der Waals surface area (Å²) in [4.78, 5) is 0. The van der Waals surface area contributed by atoms with Crippen molar-refractivity contribution in [3.63, 3.8) is 0 Å². The van der Waals surface area contributed by atoms with Gasteiger partial charge in [-0.2, -0.15) is 0 Å². The number of hydrogen-bond donors (Lipinski definition) is 2. The molecule has 1 heterocycles. The maximum Gasteiger partial charge on any atom is 0.202 e. The van der Waals surface area contributed by atoms with Crippen molar-refractivity contribution in [3.05, 3.63) is 89.5 Å². The van der Waals surface area contributed by atoms with Crippen LogP contribution in [-0.2, 0) is 0 Å². The van der Waals surface area contributed by atoms with Gasteiger partial charge in [-0.25, -0.2) is 0 Å². The van der Waals surface area contributed by atoms with Gasteiger partial charge in [0.1, 0.15) is 0 Å². The Labute approximate surface area is 163 Å². The molecule has 138 valence electrons. The highest BCUT2D eigenvalue weighted by molar-refractivity contribution is 5.91. The highest BCUT2D eigenvalue weighted by Crippen LogP contribution is 2.65. The number of aromatic nitrogens is 1. The van der Waals surface area contributed by atoms with Gasteiger partial charge in [0.05, 0.1) is 5.69 Å². The third-order valence-corrected chi connectivity index (χ3v) is 6.77. The zero-order valence-electron chi connectivity index (χ0n) is 15.4. The molecule has 6 rings (SSSR count). The molecular formula is C25H21NO2. The van der Waals surface area contributed by atoms with Crippen LogP contribution >= 0.6 is 0 Å². The van der Waals surface area contributed by atoms with Crippen molar-refractivity contribution >= 4 is 10.8 Å². The number of aromatic hydroxyl groups is 2. The largest absolute Gasteiger partial charge is 0.494 e. The Morgan fingerprint density at radius 2 is 1.36 bits per heavy atom. The van der Waals surface area contributed by atoms with Gasteiger partial charge in [-0.1, -0.05) is 66.7 Å². The normalized spacial score (nSPS) is 22.6. The highest BCUT2D eigenvalue weighted by atomic mass is 16.3. The molecule has 0 radical (unpaired) electrons. The first-order valence-electron chi connectivity index (χ1n) is 9.93. The van der Waals surface area contributed by atoms with Crippen LogP contribution in [0, 0.1) is 0 Å². The third-order valence-electron chi connectivity index (χ3n) is 6.77. The predicted octanol–water partition coefficient (Wildman–Crippen LogP) is 5.80. The number of hydrogen-bond acceptors (Lipinski definition) is 2. The minimum atomic E-state index is 0.206. The zero-order valence-corrected chi connectivity index (χ0v) is 15.4. The molecule has 0 spiro atoms. The van der Waals surface area contributed by atoms with E-state index in [1.165, 1.54) is 5.56 Å². The van der Waals surface area contributed by atoms with E-state index >= 15 is 0 Å². The van der Waals surface area contributed by atoms with Crippen molar-refractivity contribution < 1.29 is 10.2 Å². The van der Waals surface area contributed by atoms with E-state index in [9.17, 15) is 10.2 Å². The average molecular weight is 367 g/mol. The van der Waals surface area contributed by atoms with Gasteiger partial charge in [0.15, 0.2) is 0 Å². The van der Waals surface area contributed by atoms with Crippen LogP contribution in [0.1, 0.15) is 47.3 Å². The highest BCUT2D eigenvalue weighted by Gasteiger charge is 2.49. The van der Waals surface area contributed by atoms with Crippen molar-refractivity contribution in [1.29, 1.82) is 0 Å². The lowest BCUT2D eigenvalue weighted by atomic mass is 9.81. The first-order chi connectivity index (χ1) is 13.7. The molecule has 0 aliphatic heterocycles. The molecule has 1 aromatic heterocycles. The first kappa shape index (κ1) is 15.8. The molecule has 3 nitrogen and oxygen atoms in total. The van der Waals surface area contributed by atoms with Crippen molar-refractivity contribution in [3.8, 4) is 17.4 Å². The summed E-state index contributed by atoms with van der Waals surface area (Å²) in [6, 6.07) is 24.7. The average Bonchev–Trinajstić information content (AvgIpc) is 3.40. The van der Waals surface area contributed by atoms with Gasteiger partial charge < -0.3 is 10.2 Å². The van der Waals surface area contributed by atoms with Crippen LogP contribution < -0.4 is 0 Å². The van der Waals surface area contributed by atoms with Gasteiger partial charge in [0.2, 0.25) is 11.8 Å². The molecule has 2 aliphatic rings. The Morgan fingerprint density at radius 1 is 0.679 bits per heavy atom. The van der Waals surface area contributed by atoms with Gasteiger partial charge in [0, 0.05) is 16.5 Å². The standard InChI is InChI=1S/C25H21NO2/c27-24-22-17-13-19(16-7-2-1-3-8-16)20(14-17)23(22)25(28)26(24)21-12-6-10-15-9-4-5-11-18(15)21/h1-12,17,19-20,27-28H,13-14H2/t17-,19+,20-/m1/s1. The van der Waals surface area contributed by atoms with Crippen LogP contribution in [0.15, 0.2) is 72.8 Å². The maximum absolute atomic E-state index is 11.2. The summed E-state index contributed by atoms with van der Waals surface area (Å²) in [6.45, 7) is 0.